The quantitative estimate of drug-likeness (QED) is 0.680. The third-order valence-corrected chi connectivity index (χ3v) is 4.46. The van der Waals surface area contributed by atoms with Crippen LogP contribution in [0.2, 0.25) is 0 Å². The number of aryl methyl sites for hydroxylation is 1. The lowest BCUT2D eigenvalue weighted by molar-refractivity contribution is -0.122. The Morgan fingerprint density at radius 3 is 2.39 bits per heavy atom. The van der Waals surface area contributed by atoms with E-state index in [1.807, 2.05) is 68.3 Å². The number of hydrogen-bond donors (Lipinski definition) is 1. The summed E-state index contributed by atoms with van der Waals surface area (Å²) in [5, 5.41) is 3.01. The zero-order valence-electron chi connectivity index (χ0n) is 17.3. The maximum atomic E-state index is 12.4. The van der Waals surface area contributed by atoms with E-state index in [0.29, 0.717) is 18.9 Å². The SMILES string of the molecule is COc1ccc(OC)c(C(C)NC(=O)CN(C)CCOc2ccc(C)cc2)c1. The second kappa shape index (κ2) is 10.6. The van der Waals surface area contributed by atoms with Crippen LogP contribution >= 0.6 is 0 Å². The number of methoxy groups -OCH3 is 2. The van der Waals surface area contributed by atoms with Crippen molar-refractivity contribution in [1.82, 2.24) is 10.2 Å². The normalized spacial score (nSPS) is 11.8. The Bertz CT molecular complexity index is 762. The van der Waals surface area contributed by atoms with Gasteiger partial charge >= 0.3 is 0 Å². The van der Waals surface area contributed by atoms with E-state index in [1.165, 1.54) is 5.56 Å². The Kier molecular flexibility index (Phi) is 8.14. The summed E-state index contributed by atoms with van der Waals surface area (Å²) in [5.74, 6) is 2.22. The minimum atomic E-state index is -0.199. The molecule has 0 aliphatic carbocycles. The van der Waals surface area contributed by atoms with Gasteiger partial charge in [0.25, 0.3) is 0 Å². The smallest absolute Gasteiger partial charge is 0.234 e. The predicted octanol–water partition coefficient (Wildman–Crippen LogP) is 3.20. The van der Waals surface area contributed by atoms with E-state index >= 15 is 0 Å². The van der Waals surface area contributed by atoms with Crippen molar-refractivity contribution in [3.05, 3.63) is 53.6 Å². The van der Waals surface area contributed by atoms with Crippen molar-refractivity contribution in [3.63, 3.8) is 0 Å². The van der Waals surface area contributed by atoms with Gasteiger partial charge < -0.3 is 19.5 Å². The molecule has 0 bridgehead atoms. The van der Waals surface area contributed by atoms with Crippen LogP contribution in [-0.2, 0) is 4.79 Å². The van der Waals surface area contributed by atoms with Crippen LogP contribution in [0.5, 0.6) is 17.2 Å². The molecule has 0 aliphatic rings. The minimum Gasteiger partial charge on any atom is -0.497 e. The number of nitrogens with zero attached hydrogens (tertiary/aromatic N) is 1. The van der Waals surface area contributed by atoms with Gasteiger partial charge in [0.05, 0.1) is 26.8 Å². The molecule has 1 N–H and O–H groups in total. The largest absolute Gasteiger partial charge is 0.497 e. The van der Waals surface area contributed by atoms with Gasteiger partial charge in [0, 0.05) is 12.1 Å². The fourth-order valence-corrected chi connectivity index (χ4v) is 2.82. The van der Waals surface area contributed by atoms with E-state index in [1.54, 1.807) is 14.2 Å². The molecule has 0 radical (unpaired) electrons. The molecule has 2 aromatic rings. The van der Waals surface area contributed by atoms with Gasteiger partial charge in [-0.1, -0.05) is 17.7 Å². The van der Waals surface area contributed by atoms with E-state index in [0.717, 1.165) is 17.1 Å². The van der Waals surface area contributed by atoms with Gasteiger partial charge in [-0.2, -0.15) is 0 Å². The molecule has 6 heteroatoms. The molecule has 0 aromatic heterocycles. The van der Waals surface area contributed by atoms with Gasteiger partial charge in [-0.25, -0.2) is 0 Å². The third-order valence-electron chi connectivity index (χ3n) is 4.46. The number of benzene rings is 2. The first-order valence-corrected chi connectivity index (χ1v) is 9.32. The molecule has 0 saturated carbocycles. The van der Waals surface area contributed by atoms with Gasteiger partial charge in [0.2, 0.25) is 5.91 Å². The summed E-state index contributed by atoms with van der Waals surface area (Å²) in [5.41, 5.74) is 2.07. The predicted molar refractivity (Wildman–Crippen MR) is 110 cm³/mol. The molecule has 28 heavy (non-hydrogen) atoms. The maximum absolute atomic E-state index is 12.4. The van der Waals surface area contributed by atoms with Crippen LogP contribution in [0, 0.1) is 6.92 Å². The summed E-state index contributed by atoms with van der Waals surface area (Å²) in [6.45, 7) is 5.42. The van der Waals surface area contributed by atoms with Crippen LogP contribution in [0.3, 0.4) is 0 Å². The van der Waals surface area contributed by atoms with E-state index in [4.69, 9.17) is 14.2 Å². The van der Waals surface area contributed by atoms with E-state index in [9.17, 15) is 4.79 Å². The minimum absolute atomic E-state index is 0.0600. The molecule has 1 amide bonds. The first-order chi connectivity index (χ1) is 13.4. The van der Waals surface area contributed by atoms with Gasteiger partial charge in [0.1, 0.15) is 23.9 Å². The van der Waals surface area contributed by atoms with E-state index < -0.39 is 0 Å². The van der Waals surface area contributed by atoms with Crippen molar-refractivity contribution in [3.8, 4) is 17.2 Å². The summed E-state index contributed by atoms with van der Waals surface area (Å²) in [7, 11) is 5.12. The van der Waals surface area contributed by atoms with Crippen molar-refractivity contribution < 1.29 is 19.0 Å². The van der Waals surface area contributed by atoms with Gasteiger partial charge in [-0.15, -0.1) is 0 Å². The standard InChI is InChI=1S/C22H30N2O4/c1-16-6-8-18(9-7-16)28-13-12-24(3)15-22(25)23-17(2)20-14-19(26-4)10-11-21(20)27-5/h6-11,14,17H,12-13,15H2,1-5H3,(H,23,25). The molecular formula is C22H30N2O4. The number of rotatable bonds is 10. The highest BCUT2D eigenvalue weighted by molar-refractivity contribution is 5.78. The Morgan fingerprint density at radius 2 is 1.75 bits per heavy atom. The highest BCUT2D eigenvalue weighted by Gasteiger charge is 2.16. The Labute approximate surface area is 167 Å². The molecule has 0 fully saturated rings. The molecule has 1 unspecified atom stereocenters. The molecule has 6 nitrogen and oxygen atoms in total. The molecule has 152 valence electrons. The molecular weight excluding hydrogens is 356 g/mol. The monoisotopic (exact) mass is 386 g/mol. The molecule has 0 saturated heterocycles. The Hall–Kier alpha value is -2.73. The Balaban J connectivity index is 1.81. The van der Waals surface area contributed by atoms with Gasteiger partial charge in [-0.05, 0) is 51.2 Å². The first kappa shape index (κ1) is 21.6. The molecule has 2 rings (SSSR count). The third kappa shape index (κ3) is 6.46. The van der Waals surface area contributed by atoms with Crippen LogP contribution < -0.4 is 19.5 Å². The van der Waals surface area contributed by atoms with Crippen molar-refractivity contribution in [2.24, 2.45) is 0 Å². The summed E-state index contributed by atoms with van der Waals surface area (Å²) in [6.07, 6.45) is 0. The van der Waals surface area contributed by atoms with Crippen molar-refractivity contribution in [1.29, 1.82) is 0 Å². The summed E-state index contributed by atoms with van der Waals surface area (Å²) in [6, 6.07) is 13.3. The van der Waals surface area contributed by atoms with Crippen molar-refractivity contribution in [2.45, 2.75) is 19.9 Å². The van der Waals surface area contributed by atoms with Crippen LogP contribution in [-0.4, -0.2) is 51.8 Å². The van der Waals surface area contributed by atoms with Crippen molar-refractivity contribution >= 4 is 5.91 Å². The number of ether oxygens (including phenoxy) is 3. The van der Waals surface area contributed by atoms with Crippen LogP contribution in [0.4, 0.5) is 0 Å². The van der Waals surface area contributed by atoms with Crippen LogP contribution in [0.25, 0.3) is 0 Å². The molecule has 1 atom stereocenters. The summed E-state index contributed by atoms with van der Waals surface area (Å²) >= 11 is 0. The maximum Gasteiger partial charge on any atom is 0.234 e. The first-order valence-electron chi connectivity index (χ1n) is 9.32. The number of hydrogen-bond acceptors (Lipinski definition) is 5. The fraction of sp³-hybridized carbons (Fsp3) is 0.409. The van der Waals surface area contributed by atoms with E-state index in [-0.39, 0.29) is 18.5 Å². The van der Waals surface area contributed by atoms with Gasteiger partial charge in [0.15, 0.2) is 0 Å². The Morgan fingerprint density at radius 1 is 1.07 bits per heavy atom. The molecule has 2 aromatic carbocycles. The zero-order valence-corrected chi connectivity index (χ0v) is 17.3. The second-order valence-corrected chi connectivity index (χ2v) is 6.80. The van der Waals surface area contributed by atoms with Gasteiger partial charge in [-0.3, -0.25) is 9.69 Å². The number of carbonyl (C=O) groups is 1. The average molecular weight is 386 g/mol. The average Bonchev–Trinajstić information content (AvgIpc) is 2.68. The lowest BCUT2D eigenvalue weighted by Gasteiger charge is -2.21. The van der Waals surface area contributed by atoms with Crippen LogP contribution in [0.1, 0.15) is 24.1 Å². The number of amides is 1. The highest BCUT2D eigenvalue weighted by atomic mass is 16.5. The topological polar surface area (TPSA) is 60.0 Å². The van der Waals surface area contributed by atoms with Crippen molar-refractivity contribution in [2.75, 3.05) is 41.0 Å². The molecule has 0 aliphatic heterocycles. The van der Waals surface area contributed by atoms with E-state index in [2.05, 4.69) is 5.32 Å². The highest BCUT2D eigenvalue weighted by Crippen LogP contribution is 2.29. The lowest BCUT2D eigenvalue weighted by atomic mass is 10.1. The number of carbonyl (C=O) groups excluding carboxylic acids is 1. The second-order valence-electron chi connectivity index (χ2n) is 6.80. The summed E-state index contributed by atoms with van der Waals surface area (Å²) < 4.78 is 16.4. The number of likely N-dealkylation sites (N-methyl/N-ethyl adjacent to an activating group) is 1. The zero-order chi connectivity index (χ0) is 20.5. The fourth-order valence-electron chi connectivity index (χ4n) is 2.82. The molecule has 0 heterocycles. The lowest BCUT2D eigenvalue weighted by Crippen LogP contribution is -2.38. The summed E-state index contributed by atoms with van der Waals surface area (Å²) in [4.78, 5) is 14.3. The van der Waals surface area contributed by atoms with Crippen LogP contribution in [0.15, 0.2) is 42.5 Å². The molecule has 0 spiro atoms. The number of nitrogens with one attached hydrogen (secondary N) is 1.